The number of carbonyl (C=O) groups excluding carboxylic acids is 1. The molecule has 0 aromatic carbocycles. The minimum absolute atomic E-state index is 0.262. The summed E-state index contributed by atoms with van der Waals surface area (Å²) in [5.41, 5.74) is 0. The molecule has 0 saturated carbocycles. The summed E-state index contributed by atoms with van der Waals surface area (Å²) >= 11 is 0. The number of hydrogen-bond donors (Lipinski definition) is 8. The molecule has 1 aliphatic rings. The monoisotopic (exact) mass is 607 g/mol. The molecule has 1 saturated heterocycles. The van der Waals surface area contributed by atoms with Crippen molar-refractivity contribution in [2.75, 3.05) is 13.2 Å². The maximum atomic E-state index is 12.8. The van der Waals surface area contributed by atoms with Crippen molar-refractivity contribution in [3.05, 3.63) is 0 Å². The van der Waals surface area contributed by atoms with Crippen LogP contribution in [0.15, 0.2) is 0 Å². The summed E-state index contributed by atoms with van der Waals surface area (Å²) < 4.78 is 10.9. The molecule has 1 aliphatic heterocycles. The molecular formula is C31H61NO10. The lowest BCUT2D eigenvalue weighted by Crippen LogP contribution is -2.60. The summed E-state index contributed by atoms with van der Waals surface area (Å²) in [7, 11) is 0. The molecule has 11 heteroatoms. The number of aliphatic hydroxyl groups is 7. The first-order valence-electron chi connectivity index (χ1n) is 16.4. The van der Waals surface area contributed by atoms with Gasteiger partial charge in [-0.15, -0.1) is 0 Å². The SMILES string of the molecule is CCCCCCCCCCCCCCCC(O)C(=O)NC(COC1OC(CO)C(O)C(O)C1O)C(O)C(O)CCCC. The maximum Gasteiger partial charge on any atom is 0.249 e. The number of nitrogens with one attached hydrogen (secondary N) is 1. The van der Waals surface area contributed by atoms with E-state index in [9.17, 15) is 40.5 Å². The van der Waals surface area contributed by atoms with Crippen LogP contribution in [-0.4, -0.2) is 110 Å². The van der Waals surface area contributed by atoms with Gasteiger partial charge in [0, 0.05) is 0 Å². The fraction of sp³-hybridized carbons (Fsp3) is 0.968. The minimum atomic E-state index is -1.65. The number of ether oxygens (including phenoxy) is 2. The molecule has 0 spiro atoms. The molecule has 0 aromatic rings. The third kappa shape index (κ3) is 15.2. The van der Waals surface area contributed by atoms with Crippen LogP contribution in [0.25, 0.3) is 0 Å². The Kier molecular flexibility index (Phi) is 21.9. The summed E-state index contributed by atoms with van der Waals surface area (Å²) in [5.74, 6) is -0.710. The van der Waals surface area contributed by atoms with Gasteiger partial charge < -0.3 is 50.5 Å². The van der Waals surface area contributed by atoms with Crippen LogP contribution in [0.1, 0.15) is 123 Å². The largest absolute Gasteiger partial charge is 0.394 e. The van der Waals surface area contributed by atoms with Gasteiger partial charge in [0.2, 0.25) is 5.91 Å². The summed E-state index contributed by atoms with van der Waals surface area (Å²) in [4.78, 5) is 12.8. The minimum Gasteiger partial charge on any atom is -0.394 e. The first-order chi connectivity index (χ1) is 20.2. The van der Waals surface area contributed by atoms with Crippen LogP contribution < -0.4 is 5.32 Å². The van der Waals surface area contributed by atoms with E-state index in [4.69, 9.17) is 9.47 Å². The summed E-state index contributed by atoms with van der Waals surface area (Å²) in [6.07, 6.45) is 6.02. The van der Waals surface area contributed by atoms with Crippen molar-refractivity contribution in [1.82, 2.24) is 5.32 Å². The Hall–Kier alpha value is -0.890. The second-order valence-electron chi connectivity index (χ2n) is 11.9. The molecule has 1 heterocycles. The van der Waals surface area contributed by atoms with Gasteiger partial charge in [-0.1, -0.05) is 110 Å². The second-order valence-corrected chi connectivity index (χ2v) is 11.9. The van der Waals surface area contributed by atoms with Gasteiger partial charge in [-0.05, 0) is 12.8 Å². The van der Waals surface area contributed by atoms with E-state index in [1.807, 2.05) is 6.92 Å². The Morgan fingerprint density at radius 2 is 1.26 bits per heavy atom. The van der Waals surface area contributed by atoms with Gasteiger partial charge >= 0.3 is 0 Å². The first-order valence-corrected chi connectivity index (χ1v) is 16.4. The van der Waals surface area contributed by atoms with Crippen LogP contribution in [-0.2, 0) is 14.3 Å². The lowest BCUT2D eigenvalue weighted by Gasteiger charge is -2.40. The van der Waals surface area contributed by atoms with Crippen molar-refractivity contribution in [2.45, 2.75) is 178 Å². The van der Waals surface area contributed by atoms with E-state index >= 15 is 0 Å². The number of unbranched alkanes of at least 4 members (excludes halogenated alkanes) is 13. The highest BCUT2D eigenvalue weighted by atomic mass is 16.7. The molecule has 9 atom stereocenters. The zero-order chi connectivity index (χ0) is 31.3. The summed E-state index contributed by atoms with van der Waals surface area (Å²) in [5, 5.41) is 73.8. The van der Waals surface area contributed by atoms with E-state index in [0.29, 0.717) is 12.8 Å². The van der Waals surface area contributed by atoms with E-state index in [1.165, 1.54) is 57.8 Å². The fourth-order valence-electron chi connectivity index (χ4n) is 5.25. The van der Waals surface area contributed by atoms with Gasteiger partial charge in [0.1, 0.15) is 36.6 Å². The number of hydrogen-bond acceptors (Lipinski definition) is 10. The van der Waals surface area contributed by atoms with Crippen molar-refractivity contribution >= 4 is 5.91 Å². The summed E-state index contributed by atoms with van der Waals surface area (Å²) in [6.45, 7) is 3.11. The quantitative estimate of drug-likeness (QED) is 0.0713. The molecule has 1 fully saturated rings. The van der Waals surface area contributed by atoms with Gasteiger partial charge in [0.05, 0.1) is 25.4 Å². The number of amides is 1. The second kappa shape index (κ2) is 23.5. The average Bonchev–Trinajstić information content (AvgIpc) is 2.99. The number of carbonyl (C=O) groups is 1. The molecule has 42 heavy (non-hydrogen) atoms. The van der Waals surface area contributed by atoms with Crippen molar-refractivity contribution in [3.63, 3.8) is 0 Å². The Morgan fingerprint density at radius 1 is 0.738 bits per heavy atom. The third-order valence-corrected chi connectivity index (χ3v) is 8.16. The zero-order valence-electron chi connectivity index (χ0n) is 26.0. The average molecular weight is 608 g/mol. The number of rotatable bonds is 25. The van der Waals surface area contributed by atoms with Crippen molar-refractivity contribution in [3.8, 4) is 0 Å². The lowest BCUT2D eigenvalue weighted by atomic mass is 9.99. The third-order valence-electron chi connectivity index (χ3n) is 8.16. The van der Waals surface area contributed by atoms with E-state index in [1.54, 1.807) is 0 Å². The maximum absolute atomic E-state index is 12.8. The van der Waals surface area contributed by atoms with Gasteiger partial charge in [0.25, 0.3) is 0 Å². The van der Waals surface area contributed by atoms with Crippen molar-refractivity contribution < 1.29 is 50.0 Å². The summed E-state index contributed by atoms with van der Waals surface area (Å²) in [6, 6.07) is -1.15. The van der Waals surface area contributed by atoms with Crippen molar-refractivity contribution in [2.24, 2.45) is 0 Å². The Labute approximate surface area is 252 Å². The predicted octanol–water partition coefficient (Wildman–Crippen LogP) is 2.04. The van der Waals surface area contributed by atoms with Crippen LogP contribution >= 0.6 is 0 Å². The topological polar surface area (TPSA) is 189 Å². The molecule has 0 radical (unpaired) electrons. The highest BCUT2D eigenvalue weighted by Gasteiger charge is 2.44. The van der Waals surface area contributed by atoms with Crippen LogP contribution in [0.3, 0.4) is 0 Å². The highest BCUT2D eigenvalue weighted by molar-refractivity contribution is 5.80. The van der Waals surface area contributed by atoms with E-state index in [0.717, 1.165) is 25.7 Å². The van der Waals surface area contributed by atoms with E-state index in [-0.39, 0.29) is 12.8 Å². The Balaban J connectivity index is 2.47. The van der Waals surface area contributed by atoms with Gasteiger partial charge in [-0.3, -0.25) is 4.79 Å². The molecule has 250 valence electrons. The molecular weight excluding hydrogens is 546 g/mol. The zero-order valence-corrected chi connectivity index (χ0v) is 26.0. The fourth-order valence-corrected chi connectivity index (χ4v) is 5.25. The standard InChI is InChI=1S/C31H61NO10/c1-3-5-7-8-9-10-11-12-13-14-15-16-17-19-24(35)30(40)32-22(26(36)23(34)18-6-4-2)21-41-31-29(39)28(38)27(37)25(20-33)42-31/h22-29,31,33-39H,3-21H2,1-2H3,(H,32,40). The van der Waals surface area contributed by atoms with Crippen LogP contribution in [0.5, 0.6) is 0 Å². The van der Waals surface area contributed by atoms with Gasteiger partial charge in [-0.25, -0.2) is 0 Å². The van der Waals surface area contributed by atoms with Gasteiger partial charge in [0.15, 0.2) is 6.29 Å². The molecule has 0 aliphatic carbocycles. The molecule has 0 bridgehead atoms. The van der Waals surface area contributed by atoms with Crippen molar-refractivity contribution in [1.29, 1.82) is 0 Å². The van der Waals surface area contributed by atoms with Crippen LogP contribution in [0.2, 0.25) is 0 Å². The van der Waals surface area contributed by atoms with Gasteiger partial charge in [-0.2, -0.15) is 0 Å². The Bertz CT molecular complexity index is 670. The van der Waals surface area contributed by atoms with Crippen LogP contribution in [0, 0.1) is 0 Å². The first kappa shape index (κ1) is 39.1. The van der Waals surface area contributed by atoms with E-state index in [2.05, 4.69) is 12.2 Å². The number of aliphatic hydroxyl groups excluding tert-OH is 7. The molecule has 1 rings (SSSR count). The Morgan fingerprint density at radius 3 is 1.79 bits per heavy atom. The molecule has 11 nitrogen and oxygen atoms in total. The normalized spacial score (nSPS) is 25.6. The molecule has 0 aromatic heterocycles. The predicted molar refractivity (Wildman–Crippen MR) is 160 cm³/mol. The molecule has 1 amide bonds. The lowest BCUT2D eigenvalue weighted by molar-refractivity contribution is -0.303. The molecule has 8 N–H and O–H groups in total. The smallest absolute Gasteiger partial charge is 0.249 e. The van der Waals surface area contributed by atoms with E-state index < -0.39 is 74.2 Å². The highest BCUT2D eigenvalue weighted by Crippen LogP contribution is 2.23. The van der Waals surface area contributed by atoms with Crippen LogP contribution in [0.4, 0.5) is 0 Å². The molecule has 9 unspecified atom stereocenters.